The highest BCUT2D eigenvalue weighted by Crippen LogP contribution is 2.30. The molecule has 1 heterocycles. The van der Waals surface area contributed by atoms with E-state index >= 15 is 0 Å². The summed E-state index contributed by atoms with van der Waals surface area (Å²) in [4.78, 5) is 11.9. The first-order valence-corrected chi connectivity index (χ1v) is 6.13. The summed E-state index contributed by atoms with van der Waals surface area (Å²) in [5, 5.41) is 4.18. The van der Waals surface area contributed by atoms with Gasteiger partial charge in [0.15, 0.2) is 0 Å². The summed E-state index contributed by atoms with van der Waals surface area (Å²) >= 11 is 0. The molecule has 4 heteroatoms. The quantitative estimate of drug-likeness (QED) is 0.741. The van der Waals surface area contributed by atoms with E-state index in [2.05, 4.69) is 25.9 Å². The molecule has 17 heavy (non-hydrogen) atoms. The Morgan fingerprint density at radius 1 is 1.47 bits per heavy atom. The van der Waals surface area contributed by atoms with Gasteiger partial charge in [0.1, 0.15) is 5.56 Å². The normalized spacial score (nSPS) is 11.6. The van der Waals surface area contributed by atoms with Crippen molar-refractivity contribution in [2.45, 2.75) is 46.0 Å². The van der Waals surface area contributed by atoms with Gasteiger partial charge in [0.05, 0.1) is 18.5 Å². The Hall–Kier alpha value is -1.32. The monoisotopic (exact) mass is 238 g/mol. The van der Waals surface area contributed by atoms with Crippen molar-refractivity contribution in [2.75, 3.05) is 6.61 Å². The van der Waals surface area contributed by atoms with E-state index in [9.17, 15) is 4.79 Å². The number of carbonyl (C=O) groups is 1. The number of aromatic nitrogens is 2. The fourth-order valence-corrected chi connectivity index (χ4v) is 2.34. The highest BCUT2D eigenvalue weighted by atomic mass is 16.5. The molecule has 0 aliphatic rings. The van der Waals surface area contributed by atoms with E-state index in [0.29, 0.717) is 12.2 Å². The van der Waals surface area contributed by atoms with Gasteiger partial charge in [-0.05, 0) is 13.3 Å². The van der Waals surface area contributed by atoms with Gasteiger partial charge in [0.25, 0.3) is 0 Å². The Kier molecular flexibility index (Phi) is 4.32. The lowest BCUT2D eigenvalue weighted by molar-refractivity contribution is 0.0523. The van der Waals surface area contributed by atoms with Crippen LogP contribution in [0.5, 0.6) is 0 Å². The molecule has 1 aromatic rings. The van der Waals surface area contributed by atoms with Crippen molar-refractivity contribution in [3.8, 4) is 0 Å². The number of hydrogen-bond acceptors (Lipinski definition) is 3. The third kappa shape index (κ3) is 2.87. The zero-order valence-corrected chi connectivity index (χ0v) is 11.4. The molecule has 1 rings (SSSR count). The van der Waals surface area contributed by atoms with Crippen molar-refractivity contribution in [3.63, 3.8) is 0 Å². The number of aryl methyl sites for hydroxylation is 1. The summed E-state index contributed by atoms with van der Waals surface area (Å²) in [6.45, 7) is 8.61. The Balaban J connectivity index is 3.14. The highest BCUT2D eigenvalue weighted by molar-refractivity contribution is 5.90. The Morgan fingerprint density at radius 2 is 2.12 bits per heavy atom. The number of hydrogen-bond donors (Lipinski definition) is 0. The summed E-state index contributed by atoms with van der Waals surface area (Å²) in [6, 6.07) is 0. The predicted molar refractivity (Wildman–Crippen MR) is 67.1 cm³/mol. The molecule has 0 amide bonds. The second-order valence-corrected chi connectivity index (χ2v) is 4.88. The fraction of sp³-hybridized carbons (Fsp3) is 0.692. The van der Waals surface area contributed by atoms with Gasteiger partial charge in [-0.2, -0.15) is 5.10 Å². The lowest BCUT2D eigenvalue weighted by Crippen LogP contribution is -2.24. The Labute approximate surface area is 103 Å². The summed E-state index contributed by atoms with van der Waals surface area (Å²) < 4.78 is 6.84. The highest BCUT2D eigenvalue weighted by Gasteiger charge is 2.29. The molecule has 0 fully saturated rings. The first-order valence-electron chi connectivity index (χ1n) is 6.13. The van der Waals surface area contributed by atoms with Crippen LogP contribution in [0.1, 0.15) is 56.6 Å². The molecule has 0 bridgehead atoms. The van der Waals surface area contributed by atoms with Crippen LogP contribution in [0.2, 0.25) is 0 Å². The van der Waals surface area contributed by atoms with Gasteiger partial charge in [-0.15, -0.1) is 0 Å². The first-order chi connectivity index (χ1) is 7.94. The zero-order valence-electron chi connectivity index (χ0n) is 11.4. The van der Waals surface area contributed by atoms with E-state index < -0.39 is 0 Å². The number of carbonyl (C=O) groups excluding carboxylic acids is 1. The maximum absolute atomic E-state index is 11.9. The second kappa shape index (κ2) is 5.34. The minimum absolute atomic E-state index is 0.0674. The standard InChI is InChI=1S/C13H22N2O2/c1-6-8-13(3,4)11-10(9-14-15(11)5)12(16)17-7-2/h9H,6-8H2,1-5H3. The van der Waals surface area contributed by atoms with Crippen molar-refractivity contribution in [3.05, 3.63) is 17.5 Å². The van der Waals surface area contributed by atoms with Crippen LogP contribution in [0.15, 0.2) is 6.20 Å². The molecule has 0 unspecified atom stereocenters. The van der Waals surface area contributed by atoms with Crippen molar-refractivity contribution in [2.24, 2.45) is 7.05 Å². The average Bonchev–Trinajstić information content (AvgIpc) is 2.61. The lowest BCUT2D eigenvalue weighted by atomic mass is 9.82. The molecule has 0 saturated heterocycles. The summed E-state index contributed by atoms with van der Waals surface area (Å²) in [5.41, 5.74) is 1.48. The summed E-state index contributed by atoms with van der Waals surface area (Å²) in [7, 11) is 1.87. The van der Waals surface area contributed by atoms with E-state index in [1.54, 1.807) is 10.9 Å². The van der Waals surface area contributed by atoms with Gasteiger partial charge in [-0.3, -0.25) is 4.68 Å². The number of esters is 1. The molecule has 0 saturated carbocycles. The molecule has 0 radical (unpaired) electrons. The van der Waals surface area contributed by atoms with E-state index in [0.717, 1.165) is 18.5 Å². The molecule has 0 spiro atoms. The van der Waals surface area contributed by atoms with Gasteiger partial charge in [0, 0.05) is 12.5 Å². The van der Waals surface area contributed by atoms with Gasteiger partial charge < -0.3 is 4.74 Å². The SMILES string of the molecule is CCCC(C)(C)c1c(C(=O)OCC)cnn1C. The van der Waals surface area contributed by atoms with Crippen LogP contribution in [0.3, 0.4) is 0 Å². The van der Waals surface area contributed by atoms with E-state index in [4.69, 9.17) is 4.74 Å². The molecule has 0 N–H and O–H groups in total. The van der Waals surface area contributed by atoms with E-state index in [-0.39, 0.29) is 11.4 Å². The largest absolute Gasteiger partial charge is 0.462 e. The van der Waals surface area contributed by atoms with Gasteiger partial charge in [-0.25, -0.2) is 4.79 Å². The minimum atomic E-state index is -0.278. The fourth-order valence-electron chi connectivity index (χ4n) is 2.34. The van der Waals surface area contributed by atoms with Gasteiger partial charge in [0.2, 0.25) is 0 Å². The van der Waals surface area contributed by atoms with Crippen LogP contribution in [-0.4, -0.2) is 22.4 Å². The Morgan fingerprint density at radius 3 is 2.65 bits per heavy atom. The second-order valence-electron chi connectivity index (χ2n) is 4.88. The van der Waals surface area contributed by atoms with E-state index in [1.807, 2.05) is 14.0 Å². The third-order valence-corrected chi connectivity index (χ3v) is 2.95. The molecule has 0 aliphatic heterocycles. The smallest absolute Gasteiger partial charge is 0.341 e. The molecule has 0 aliphatic carbocycles. The van der Waals surface area contributed by atoms with E-state index in [1.165, 1.54) is 0 Å². The average molecular weight is 238 g/mol. The van der Waals surface area contributed by atoms with Crippen LogP contribution in [0.4, 0.5) is 0 Å². The van der Waals surface area contributed by atoms with Crippen LogP contribution in [0.25, 0.3) is 0 Å². The molecular formula is C13H22N2O2. The van der Waals surface area contributed by atoms with Gasteiger partial charge in [-0.1, -0.05) is 27.2 Å². The molecular weight excluding hydrogens is 216 g/mol. The van der Waals surface area contributed by atoms with Gasteiger partial charge >= 0.3 is 5.97 Å². The van der Waals surface area contributed by atoms with Crippen molar-refractivity contribution >= 4 is 5.97 Å². The molecule has 1 aromatic heterocycles. The van der Waals surface area contributed by atoms with Crippen LogP contribution in [0, 0.1) is 0 Å². The van der Waals surface area contributed by atoms with Crippen LogP contribution < -0.4 is 0 Å². The molecule has 4 nitrogen and oxygen atoms in total. The van der Waals surface area contributed by atoms with Crippen molar-refractivity contribution < 1.29 is 9.53 Å². The van der Waals surface area contributed by atoms with Crippen molar-refractivity contribution in [1.29, 1.82) is 0 Å². The zero-order chi connectivity index (χ0) is 13.1. The number of rotatable bonds is 5. The summed E-state index contributed by atoms with van der Waals surface area (Å²) in [5.74, 6) is -0.278. The molecule has 96 valence electrons. The third-order valence-electron chi connectivity index (χ3n) is 2.95. The van der Waals surface area contributed by atoms with Crippen molar-refractivity contribution in [1.82, 2.24) is 9.78 Å². The minimum Gasteiger partial charge on any atom is -0.462 e. The Bertz CT molecular complexity index is 394. The maximum Gasteiger partial charge on any atom is 0.341 e. The summed E-state index contributed by atoms with van der Waals surface area (Å²) in [6.07, 6.45) is 3.68. The number of nitrogens with zero attached hydrogens (tertiary/aromatic N) is 2. The topological polar surface area (TPSA) is 44.1 Å². The maximum atomic E-state index is 11.9. The molecule has 0 aromatic carbocycles. The first kappa shape index (κ1) is 13.7. The van der Waals surface area contributed by atoms with Crippen LogP contribution >= 0.6 is 0 Å². The molecule has 0 atom stereocenters. The predicted octanol–water partition coefficient (Wildman–Crippen LogP) is 2.67. The number of ether oxygens (including phenoxy) is 1. The van der Waals surface area contributed by atoms with Crippen LogP contribution in [-0.2, 0) is 17.2 Å². The lowest BCUT2D eigenvalue weighted by Gasteiger charge is -2.25.